The summed E-state index contributed by atoms with van der Waals surface area (Å²) in [5.41, 5.74) is 7.53. The normalized spacial score (nSPS) is 19.8. The second kappa shape index (κ2) is 13.7. The zero-order valence-electron chi connectivity index (χ0n) is 30.4. The molecule has 0 bridgehead atoms. The third-order valence-electron chi connectivity index (χ3n) is 10.6. The van der Waals surface area contributed by atoms with Gasteiger partial charge in [-0.3, -0.25) is 4.79 Å². The minimum atomic E-state index is -3.20. The van der Waals surface area contributed by atoms with Crippen molar-refractivity contribution < 1.29 is 46.5 Å². The number of halogens is 2. The van der Waals surface area contributed by atoms with Gasteiger partial charge in [0.2, 0.25) is 17.3 Å². The Bertz CT molecular complexity index is 2290. The summed E-state index contributed by atoms with van der Waals surface area (Å²) in [5.74, 6) is 1.15. The summed E-state index contributed by atoms with van der Waals surface area (Å²) in [7, 11) is 6.08. The van der Waals surface area contributed by atoms with Crippen molar-refractivity contribution in [3.63, 3.8) is 0 Å². The molecule has 2 heterocycles. The lowest BCUT2D eigenvalue weighted by molar-refractivity contribution is -0.111. The summed E-state index contributed by atoms with van der Waals surface area (Å²) in [6.45, 7) is 0. The van der Waals surface area contributed by atoms with Crippen LogP contribution >= 0.6 is 0 Å². The van der Waals surface area contributed by atoms with Crippen LogP contribution in [0.1, 0.15) is 46.2 Å². The Morgan fingerprint density at radius 1 is 0.611 bits per heavy atom. The minimum absolute atomic E-state index is 0.227. The molecule has 0 amide bonds. The van der Waals surface area contributed by atoms with E-state index in [1.54, 1.807) is 40.6 Å². The molecule has 0 saturated carbocycles. The molecule has 0 saturated heterocycles. The van der Waals surface area contributed by atoms with Gasteiger partial charge in [-0.15, -0.1) is 0 Å². The van der Waals surface area contributed by atoms with Crippen LogP contribution in [-0.4, -0.2) is 55.9 Å². The SMILES string of the molecule is COc1cc2c(c(OC)c1OC)C1C=C(C(=O)/C=C(\OB(F)F)C3=CC4c5c(cc(OC)c(OC)c5OC)-c5ccccc5C4N3)NC1c1ccccc1-2. The number of allylic oxidation sites excluding steroid dienone is 1. The highest BCUT2D eigenvalue weighted by Gasteiger charge is 2.44. The molecule has 2 aliphatic heterocycles. The number of nitrogens with one attached hydrogen (secondary N) is 2. The van der Waals surface area contributed by atoms with Gasteiger partial charge < -0.3 is 43.7 Å². The first-order chi connectivity index (χ1) is 26.3. The number of ether oxygens (including phenoxy) is 6. The van der Waals surface area contributed by atoms with Crippen molar-refractivity contribution in [1.29, 1.82) is 0 Å². The summed E-state index contributed by atoms with van der Waals surface area (Å²) in [5, 5.41) is 6.78. The number of methoxy groups -OCH3 is 6. The van der Waals surface area contributed by atoms with E-state index in [0.29, 0.717) is 34.5 Å². The molecular weight excluding hydrogens is 697 g/mol. The van der Waals surface area contributed by atoms with Gasteiger partial charge in [-0.25, -0.2) is 8.63 Å². The summed E-state index contributed by atoms with van der Waals surface area (Å²) >= 11 is 0. The molecule has 2 N–H and O–H groups in total. The summed E-state index contributed by atoms with van der Waals surface area (Å²) in [6, 6.07) is 18.7. The Balaban J connectivity index is 1.22. The number of ketones is 1. The highest BCUT2D eigenvalue weighted by Crippen LogP contribution is 2.59. The predicted octanol–water partition coefficient (Wildman–Crippen LogP) is 7.42. The third-order valence-corrected chi connectivity index (χ3v) is 10.6. The first-order valence-electron chi connectivity index (χ1n) is 17.3. The van der Waals surface area contributed by atoms with Gasteiger partial charge in [0, 0.05) is 29.0 Å². The fourth-order valence-electron chi connectivity index (χ4n) is 8.47. The van der Waals surface area contributed by atoms with Crippen LogP contribution in [0.4, 0.5) is 8.63 Å². The van der Waals surface area contributed by atoms with E-state index in [2.05, 4.69) is 10.6 Å². The van der Waals surface area contributed by atoms with Crippen LogP contribution in [-0.2, 0) is 9.45 Å². The maximum absolute atomic E-state index is 14.2. The van der Waals surface area contributed by atoms with E-state index < -0.39 is 25.2 Å². The predicted molar refractivity (Wildman–Crippen MR) is 199 cm³/mol. The number of hydrogen-bond donors (Lipinski definition) is 2. The molecule has 4 aromatic rings. The molecule has 8 rings (SSSR count). The van der Waals surface area contributed by atoms with Crippen molar-refractivity contribution in [1.82, 2.24) is 10.6 Å². The molecular formula is C41H37BF2N2O8. The van der Waals surface area contributed by atoms with Crippen molar-refractivity contribution in [3.8, 4) is 56.8 Å². The maximum atomic E-state index is 14.2. The van der Waals surface area contributed by atoms with E-state index >= 15 is 0 Å². The quantitative estimate of drug-likeness (QED) is 0.0920. The van der Waals surface area contributed by atoms with Crippen molar-refractivity contribution in [2.24, 2.45) is 0 Å². The van der Waals surface area contributed by atoms with Gasteiger partial charge >= 0.3 is 7.47 Å². The molecule has 2 aliphatic carbocycles. The zero-order valence-corrected chi connectivity index (χ0v) is 30.4. The molecule has 10 nitrogen and oxygen atoms in total. The van der Waals surface area contributed by atoms with Gasteiger partial charge in [-0.05, 0) is 57.7 Å². The number of carbonyl (C=O) groups is 1. The van der Waals surface area contributed by atoms with Crippen LogP contribution in [0, 0.1) is 0 Å². The van der Waals surface area contributed by atoms with Crippen LogP contribution in [0.25, 0.3) is 22.3 Å². The average Bonchev–Trinajstić information content (AvgIpc) is 3.85. The van der Waals surface area contributed by atoms with Crippen LogP contribution in [0.2, 0.25) is 0 Å². The van der Waals surface area contributed by atoms with Crippen LogP contribution in [0.15, 0.2) is 96.0 Å². The first kappa shape index (κ1) is 35.0. The minimum Gasteiger partial charge on any atom is -0.503 e. The van der Waals surface area contributed by atoms with Crippen LogP contribution < -0.4 is 39.1 Å². The fraction of sp³-hybridized carbons (Fsp3) is 0.244. The lowest BCUT2D eigenvalue weighted by atomic mass is 9.75. The van der Waals surface area contributed by atoms with Crippen molar-refractivity contribution >= 4 is 13.3 Å². The standard InChI is InChI=1S/C41H37BF2N2O8/c1-48-32-17-24-20-11-7-9-13-22(20)36-26(34(24)40(52-5)38(32)50-3)15-28(45-36)30(47)19-31(54-42(43)44)29-16-27-35-25(18-33(49-2)39(51-4)41(35)53-6)21-12-8-10-14-23(21)37(27)46-29/h7-19,26-27,36-37,45-46H,1-6H3/b31-19-. The molecule has 4 unspecified atom stereocenters. The third kappa shape index (κ3) is 5.32. The number of hydrogen-bond acceptors (Lipinski definition) is 10. The van der Waals surface area contributed by atoms with Gasteiger partial charge in [0.15, 0.2) is 23.0 Å². The Hall–Kier alpha value is -6.11. The number of fused-ring (bicyclic) bond motifs is 12. The van der Waals surface area contributed by atoms with Crippen LogP contribution in [0.3, 0.4) is 0 Å². The lowest BCUT2D eigenvalue weighted by Gasteiger charge is -2.33. The first-order valence-corrected chi connectivity index (χ1v) is 17.3. The van der Waals surface area contributed by atoms with Gasteiger partial charge in [0.05, 0.1) is 66.1 Å². The van der Waals surface area contributed by atoms with E-state index in [4.69, 9.17) is 33.1 Å². The summed E-state index contributed by atoms with van der Waals surface area (Å²) in [4.78, 5) is 14.2. The Morgan fingerprint density at radius 3 is 1.50 bits per heavy atom. The largest absolute Gasteiger partial charge is 0.796 e. The van der Waals surface area contributed by atoms with E-state index in [9.17, 15) is 13.4 Å². The molecule has 0 spiro atoms. The number of carbonyl (C=O) groups excluding carboxylic acids is 1. The highest BCUT2D eigenvalue weighted by atomic mass is 19.2. The molecule has 0 aromatic heterocycles. The Kier molecular flexibility index (Phi) is 8.87. The topological polar surface area (TPSA) is 106 Å². The second-order valence-corrected chi connectivity index (χ2v) is 13.1. The molecule has 0 radical (unpaired) electrons. The Labute approximate surface area is 311 Å². The summed E-state index contributed by atoms with van der Waals surface area (Å²) < 4.78 is 68.0. The monoisotopic (exact) mass is 734 g/mol. The van der Waals surface area contributed by atoms with E-state index in [0.717, 1.165) is 50.6 Å². The molecule has 0 fully saturated rings. The van der Waals surface area contributed by atoms with Crippen molar-refractivity contribution in [2.75, 3.05) is 42.7 Å². The van der Waals surface area contributed by atoms with Gasteiger partial charge in [0.1, 0.15) is 5.76 Å². The van der Waals surface area contributed by atoms with Crippen molar-refractivity contribution in [2.45, 2.75) is 23.9 Å². The van der Waals surface area contributed by atoms with E-state index in [-0.39, 0.29) is 29.1 Å². The molecule has 276 valence electrons. The maximum Gasteiger partial charge on any atom is 0.796 e. The fourth-order valence-corrected chi connectivity index (χ4v) is 8.47. The number of benzene rings is 4. The Morgan fingerprint density at radius 2 is 1.06 bits per heavy atom. The highest BCUT2D eigenvalue weighted by molar-refractivity contribution is 6.35. The molecule has 4 aliphatic rings. The van der Waals surface area contributed by atoms with E-state index in [1.165, 1.54) is 14.2 Å². The molecule has 4 atom stereocenters. The average molecular weight is 735 g/mol. The van der Waals surface area contributed by atoms with Gasteiger partial charge in [-0.2, -0.15) is 0 Å². The smallest absolute Gasteiger partial charge is 0.503 e. The molecule has 4 aromatic carbocycles. The van der Waals surface area contributed by atoms with Crippen LogP contribution in [0.5, 0.6) is 34.5 Å². The number of rotatable bonds is 11. The van der Waals surface area contributed by atoms with E-state index in [1.807, 2.05) is 60.7 Å². The van der Waals surface area contributed by atoms with Gasteiger partial charge in [-0.1, -0.05) is 48.5 Å². The zero-order chi connectivity index (χ0) is 37.8. The lowest BCUT2D eigenvalue weighted by Crippen LogP contribution is -2.26. The summed E-state index contributed by atoms with van der Waals surface area (Å²) in [6.07, 6.45) is 4.71. The molecule has 54 heavy (non-hydrogen) atoms. The van der Waals surface area contributed by atoms with Gasteiger partial charge in [0.25, 0.3) is 0 Å². The second-order valence-electron chi connectivity index (χ2n) is 13.1. The van der Waals surface area contributed by atoms with Crippen molar-refractivity contribution in [3.05, 3.63) is 118 Å². The molecule has 13 heteroatoms.